The van der Waals surface area contributed by atoms with Gasteiger partial charge in [0, 0.05) is 11.6 Å². The van der Waals surface area contributed by atoms with Gasteiger partial charge in [0.1, 0.15) is 0 Å². The number of benzene rings is 1. The molecular weight excluding hydrogens is 363 g/mol. The first-order chi connectivity index (χ1) is 10.5. The molecular formula is C12H11ClF3NO5S. The third-order valence-corrected chi connectivity index (χ3v) is 5.33. The summed E-state index contributed by atoms with van der Waals surface area (Å²) < 4.78 is 69.7. The zero-order valence-electron chi connectivity index (χ0n) is 11.4. The Labute approximate surface area is 134 Å². The number of hydrogen-bond acceptors (Lipinski definition) is 4. The minimum Gasteiger partial charge on any atom is -0.479 e. The van der Waals surface area contributed by atoms with E-state index in [0.717, 1.165) is 12.1 Å². The molecule has 0 saturated carbocycles. The van der Waals surface area contributed by atoms with Gasteiger partial charge in [0.15, 0.2) is 6.10 Å². The van der Waals surface area contributed by atoms with Gasteiger partial charge in [0.2, 0.25) is 10.0 Å². The highest BCUT2D eigenvalue weighted by Gasteiger charge is 2.41. The summed E-state index contributed by atoms with van der Waals surface area (Å²) >= 11 is 5.52. The number of halogens is 4. The third kappa shape index (κ3) is 3.77. The van der Waals surface area contributed by atoms with Crippen LogP contribution < -0.4 is 0 Å². The summed E-state index contributed by atoms with van der Waals surface area (Å²) in [4.78, 5) is 9.92. The first kappa shape index (κ1) is 18.0. The van der Waals surface area contributed by atoms with Crippen molar-refractivity contribution in [1.82, 2.24) is 4.31 Å². The topological polar surface area (TPSA) is 83.9 Å². The molecule has 1 aromatic carbocycles. The lowest BCUT2D eigenvalue weighted by molar-refractivity contribution is -0.153. The van der Waals surface area contributed by atoms with Crippen molar-refractivity contribution < 1.29 is 36.2 Å². The summed E-state index contributed by atoms with van der Waals surface area (Å²) in [6.07, 6.45) is -6.36. The Morgan fingerprint density at radius 1 is 1.39 bits per heavy atom. The number of aliphatic carboxylic acids is 1. The Bertz CT molecular complexity index is 722. The van der Waals surface area contributed by atoms with Crippen LogP contribution in [-0.4, -0.2) is 49.6 Å². The van der Waals surface area contributed by atoms with E-state index in [2.05, 4.69) is 0 Å². The Kier molecular flexibility index (Phi) is 4.90. The van der Waals surface area contributed by atoms with Crippen LogP contribution in [0.15, 0.2) is 23.1 Å². The molecule has 1 aromatic rings. The molecule has 1 heterocycles. The average molecular weight is 374 g/mol. The molecule has 23 heavy (non-hydrogen) atoms. The van der Waals surface area contributed by atoms with Crippen LogP contribution in [0.5, 0.6) is 0 Å². The van der Waals surface area contributed by atoms with Crippen molar-refractivity contribution in [3.63, 3.8) is 0 Å². The lowest BCUT2D eigenvalue weighted by Gasteiger charge is -2.30. The summed E-state index contributed by atoms with van der Waals surface area (Å²) in [5, 5.41) is 8.61. The quantitative estimate of drug-likeness (QED) is 0.874. The number of morpholine rings is 1. The Morgan fingerprint density at radius 2 is 2.04 bits per heavy atom. The molecule has 0 bridgehead atoms. The highest BCUT2D eigenvalue weighted by molar-refractivity contribution is 7.89. The standard InChI is InChI=1S/C12H11ClF3NO5S/c13-7-1-2-10(8(5-7)12(14,15)16)23(20,21)17-3-4-22-9(6-17)11(18)19/h1-2,5,9H,3-4,6H2,(H,18,19). The molecule has 1 saturated heterocycles. The number of nitrogens with zero attached hydrogens (tertiary/aromatic N) is 1. The normalized spacial score (nSPS) is 20.4. The van der Waals surface area contributed by atoms with Crippen molar-refractivity contribution in [2.75, 3.05) is 19.7 Å². The number of hydrogen-bond donors (Lipinski definition) is 1. The summed E-state index contributed by atoms with van der Waals surface area (Å²) in [6, 6.07) is 2.30. The lowest BCUT2D eigenvalue weighted by atomic mass is 10.2. The molecule has 0 aliphatic carbocycles. The number of carboxylic acid groups (broad SMARTS) is 1. The summed E-state index contributed by atoms with van der Waals surface area (Å²) in [6.45, 7) is -1.05. The van der Waals surface area contributed by atoms with Gasteiger partial charge in [-0.15, -0.1) is 0 Å². The van der Waals surface area contributed by atoms with Gasteiger partial charge in [-0.2, -0.15) is 17.5 Å². The molecule has 128 valence electrons. The molecule has 11 heteroatoms. The summed E-state index contributed by atoms with van der Waals surface area (Å²) in [5.41, 5.74) is -1.40. The van der Waals surface area contributed by atoms with Gasteiger partial charge in [-0.25, -0.2) is 13.2 Å². The van der Waals surface area contributed by atoms with Crippen LogP contribution in [0.2, 0.25) is 5.02 Å². The van der Waals surface area contributed by atoms with Crippen LogP contribution in [0.3, 0.4) is 0 Å². The summed E-state index contributed by atoms with van der Waals surface area (Å²) in [7, 11) is -4.55. The highest BCUT2D eigenvalue weighted by atomic mass is 35.5. The molecule has 1 aliphatic rings. The van der Waals surface area contributed by atoms with E-state index in [1.165, 1.54) is 0 Å². The maximum Gasteiger partial charge on any atom is 0.417 e. The number of ether oxygens (including phenoxy) is 1. The van der Waals surface area contributed by atoms with Crippen LogP contribution in [0.25, 0.3) is 0 Å². The van der Waals surface area contributed by atoms with E-state index >= 15 is 0 Å². The first-order valence-electron chi connectivity index (χ1n) is 6.25. The third-order valence-electron chi connectivity index (χ3n) is 3.17. The first-order valence-corrected chi connectivity index (χ1v) is 8.06. The zero-order valence-corrected chi connectivity index (χ0v) is 13.0. The molecule has 0 aromatic heterocycles. The van der Waals surface area contributed by atoms with Gasteiger partial charge in [0.05, 0.1) is 23.6 Å². The maximum absolute atomic E-state index is 13.1. The van der Waals surface area contributed by atoms with Crippen molar-refractivity contribution in [2.24, 2.45) is 0 Å². The molecule has 0 amide bonds. The van der Waals surface area contributed by atoms with Crippen molar-refractivity contribution >= 4 is 27.6 Å². The van der Waals surface area contributed by atoms with E-state index in [1.807, 2.05) is 0 Å². The highest BCUT2D eigenvalue weighted by Crippen LogP contribution is 2.37. The fourth-order valence-electron chi connectivity index (χ4n) is 2.08. The molecule has 1 aliphatic heterocycles. The lowest BCUT2D eigenvalue weighted by Crippen LogP contribution is -2.48. The van der Waals surface area contributed by atoms with Gasteiger partial charge in [-0.3, -0.25) is 0 Å². The summed E-state index contributed by atoms with van der Waals surface area (Å²) in [5.74, 6) is -1.39. The average Bonchev–Trinajstić information content (AvgIpc) is 2.46. The van der Waals surface area contributed by atoms with Gasteiger partial charge >= 0.3 is 12.1 Å². The van der Waals surface area contributed by atoms with Gasteiger partial charge < -0.3 is 9.84 Å². The molecule has 1 atom stereocenters. The fourth-order valence-corrected chi connectivity index (χ4v) is 3.87. The van der Waals surface area contributed by atoms with Crippen molar-refractivity contribution in [2.45, 2.75) is 17.2 Å². The second-order valence-electron chi connectivity index (χ2n) is 4.70. The van der Waals surface area contributed by atoms with E-state index in [1.54, 1.807) is 0 Å². The zero-order chi connectivity index (χ0) is 17.4. The number of rotatable bonds is 3. The van der Waals surface area contributed by atoms with Crippen LogP contribution in [0.1, 0.15) is 5.56 Å². The Balaban J connectivity index is 2.46. The number of carbonyl (C=O) groups is 1. The van der Waals surface area contributed by atoms with E-state index in [4.69, 9.17) is 21.4 Å². The molecule has 2 rings (SSSR count). The predicted octanol–water partition coefficient (Wildman–Crippen LogP) is 1.83. The minimum atomic E-state index is -4.92. The number of carboxylic acids is 1. The Morgan fingerprint density at radius 3 is 2.61 bits per heavy atom. The fraction of sp³-hybridized carbons (Fsp3) is 0.417. The van der Waals surface area contributed by atoms with Crippen LogP contribution in [0, 0.1) is 0 Å². The minimum absolute atomic E-state index is 0.231. The van der Waals surface area contributed by atoms with Gasteiger partial charge in [0.25, 0.3) is 0 Å². The smallest absolute Gasteiger partial charge is 0.417 e. The predicted molar refractivity (Wildman–Crippen MR) is 72.6 cm³/mol. The second kappa shape index (κ2) is 6.27. The van der Waals surface area contributed by atoms with Crippen molar-refractivity contribution in [3.8, 4) is 0 Å². The number of alkyl halides is 3. The van der Waals surface area contributed by atoms with Gasteiger partial charge in [-0.05, 0) is 18.2 Å². The Hall–Kier alpha value is -1.36. The van der Waals surface area contributed by atoms with Crippen LogP contribution >= 0.6 is 11.6 Å². The van der Waals surface area contributed by atoms with Gasteiger partial charge in [-0.1, -0.05) is 11.6 Å². The van der Waals surface area contributed by atoms with E-state index < -0.39 is 45.3 Å². The molecule has 0 radical (unpaired) electrons. The van der Waals surface area contributed by atoms with E-state index in [9.17, 15) is 26.4 Å². The SMILES string of the molecule is O=C(O)C1CN(S(=O)(=O)c2ccc(Cl)cc2C(F)(F)F)CCO1. The second-order valence-corrected chi connectivity index (χ2v) is 7.04. The molecule has 1 unspecified atom stereocenters. The van der Waals surface area contributed by atoms with E-state index in [0.29, 0.717) is 10.4 Å². The molecule has 6 nitrogen and oxygen atoms in total. The van der Waals surface area contributed by atoms with E-state index in [-0.39, 0.29) is 18.2 Å². The largest absolute Gasteiger partial charge is 0.479 e. The monoisotopic (exact) mass is 373 g/mol. The molecule has 1 N–H and O–H groups in total. The van der Waals surface area contributed by atoms with Crippen LogP contribution in [0.4, 0.5) is 13.2 Å². The number of sulfonamides is 1. The molecule has 1 fully saturated rings. The molecule has 0 spiro atoms. The van der Waals surface area contributed by atoms with Crippen LogP contribution in [-0.2, 0) is 25.7 Å². The maximum atomic E-state index is 13.1. The van der Waals surface area contributed by atoms with Crippen molar-refractivity contribution in [3.05, 3.63) is 28.8 Å². The van der Waals surface area contributed by atoms with Crippen molar-refractivity contribution in [1.29, 1.82) is 0 Å².